The van der Waals surface area contributed by atoms with Crippen LogP contribution in [0.1, 0.15) is 16.8 Å². The second-order valence-electron chi connectivity index (χ2n) is 6.48. The largest absolute Gasteiger partial charge is 0.334 e. The van der Waals surface area contributed by atoms with Crippen LogP contribution in [-0.4, -0.2) is 61.4 Å². The van der Waals surface area contributed by atoms with E-state index in [1.807, 2.05) is 17.0 Å². The molecule has 2 amide bonds. The molecule has 2 saturated heterocycles. The maximum Gasteiger partial charge on any atom is 0.254 e. The number of carbonyl (C=O) groups is 2. The molecule has 0 spiro atoms. The molecule has 2 aliphatic rings. The van der Waals surface area contributed by atoms with Gasteiger partial charge in [0.15, 0.2) is 0 Å². The molecule has 0 unspecified atom stereocenters. The first kappa shape index (κ1) is 15.7. The van der Waals surface area contributed by atoms with Crippen molar-refractivity contribution in [2.75, 3.05) is 38.6 Å². The van der Waals surface area contributed by atoms with Crippen LogP contribution in [0.3, 0.4) is 0 Å². The Bertz CT molecular complexity index is 626. The number of amides is 2. The number of benzene rings is 1. The highest BCUT2D eigenvalue weighted by atomic mass is 16.2. The van der Waals surface area contributed by atoms with E-state index in [9.17, 15) is 9.59 Å². The topological polar surface area (TPSA) is 43.9 Å². The fraction of sp³-hybridized carbons (Fsp3) is 0.444. The van der Waals surface area contributed by atoms with Gasteiger partial charge in [0.1, 0.15) is 0 Å². The zero-order chi connectivity index (χ0) is 16.6. The van der Waals surface area contributed by atoms with Gasteiger partial charge in [-0.15, -0.1) is 0 Å². The predicted molar refractivity (Wildman–Crippen MR) is 90.5 cm³/mol. The Labute approximate surface area is 137 Å². The van der Waals surface area contributed by atoms with Gasteiger partial charge in [-0.3, -0.25) is 9.59 Å². The predicted octanol–water partition coefficient (Wildman–Crippen LogP) is 1.61. The monoisotopic (exact) mass is 313 g/mol. The molecule has 0 radical (unpaired) electrons. The normalized spacial score (nSPS) is 23.7. The molecular weight excluding hydrogens is 290 g/mol. The van der Waals surface area contributed by atoms with Crippen LogP contribution in [0.15, 0.2) is 36.9 Å². The summed E-state index contributed by atoms with van der Waals surface area (Å²) in [7, 11) is 3.81. The summed E-state index contributed by atoms with van der Waals surface area (Å²) in [5.74, 6) is 0.539. The molecule has 0 aromatic heterocycles. The van der Waals surface area contributed by atoms with Crippen molar-refractivity contribution in [1.82, 2.24) is 9.80 Å². The van der Waals surface area contributed by atoms with E-state index in [1.165, 1.54) is 11.0 Å². The quantitative estimate of drug-likeness (QED) is 0.796. The molecule has 5 nitrogen and oxygen atoms in total. The number of nitrogens with zero attached hydrogens (tertiary/aromatic N) is 3. The van der Waals surface area contributed by atoms with Gasteiger partial charge in [-0.2, -0.15) is 0 Å². The molecule has 1 aromatic rings. The van der Waals surface area contributed by atoms with E-state index in [0.29, 0.717) is 17.5 Å². The van der Waals surface area contributed by atoms with Crippen LogP contribution in [0, 0.1) is 5.92 Å². The average molecular weight is 313 g/mol. The maximum absolute atomic E-state index is 12.8. The Kier molecular flexibility index (Phi) is 4.22. The van der Waals surface area contributed by atoms with Gasteiger partial charge in [0.05, 0.1) is 0 Å². The zero-order valence-corrected chi connectivity index (χ0v) is 13.7. The van der Waals surface area contributed by atoms with Crippen molar-refractivity contribution in [3.63, 3.8) is 0 Å². The lowest BCUT2D eigenvalue weighted by Gasteiger charge is -2.24. The van der Waals surface area contributed by atoms with Crippen molar-refractivity contribution >= 4 is 17.5 Å². The molecule has 0 bridgehead atoms. The number of rotatable bonds is 3. The second-order valence-corrected chi connectivity index (χ2v) is 6.48. The lowest BCUT2D eigenvalue weighted by Crippen LogP contribution is -2.39. The van der Waals surface area contributed by atoms with Gasteiger partial charge in [-0.05, 0) is 49.7 Å². The molecule has 2 fully saturated rings. The van der Waals surface area contributed by atoms with Crippen molar-refractivity contribution in [3.05, 3.63) is 42.5 Å². The van der Waals surface area contributed by atoms with E-state index < -0.39 is 0 Å². The molecule has 0 N–H and O–H groups in total. The Morgan fingerprint density at radius 1 is 1.26 bits per heavy atom. The van der Waals surface area contributed by atoms with Crippen molar-refractivity contribution in [2.24, 2.45) is 5.92 Å². The van der Waals surface area contributed by atoms with Gasteiger partial charge in [0, 0.05) is 44.0 Å². The van der Waals surface area contributed by atoms with Gasteiger partial charge in [-0.1, -0.05) is 6.58 Å². The van der Waals surface area contributed by atoms with E-state index in [0.717, 1.165) is 31.7 Å². The molecule has 23 heavy (non-hydrogen) atoms. The summed E-state index contributed by atoms with van der Waals surface area (Å²) in [6.07, 6.45) is 2.37. The number of fused-ring (bicyclic) bond motifs is 1. The van der Waals surface area contributed by atoms with Crippen LogP contribution in [0.2, 0.25) is 0 Å². The smallest absolute Gasteiger partial charge is 0.254 e. The van der Waals surface area contributed by atoms with Gasteiger partial charge < -0.3 is 14.7 Å². The minimum Gasteiger partial charge on any atom is -0.334 e. The summed E-state index contributed by atoms with van der Waals surface area (Å²) in [6, 6.07) is 7.57. The lowest BCUT2D eigenvalue weighted by molar-refractivity contribution is -0.113. The molecule has 1 aromatic carbocycles. The molecule has 0 aliphatic carbocycles. The summed E-state index contributed by atoms with van der Waals surface area (Å²) in [6.45, 7) is 6.38. The highest BCUT2D eigenvalue weighted by Crippen LogP contribution is 2.31. The molecule has 3 rings (SSSR count). The molecule has 122 valence electrons. The third-order valence-electron chi connectivity index (χ3n) is 5.00. The Balaban J connectivity index is 1.73. The van der Waals surface area contributed by atoms with Crippen molar-refractivity contribution in [3.8, 4) is 0 Å². The number of likely N-dealkylation sites (tertiary alicyclic amines) is 2. The minimum absolute atomic E-state index is 0.0945. The van der Waals surface area contributed by atoms with Crippen LogP contribution < -0.4 is 4.90 Å². The Hall–Kier alpha value is -2.14. The van der Waals surface area contributed by atoms with Gasteiger partial charge in [0.25, 0.3) is 5.91 Å². The number of hydrogen-bond acceptors (Lipinski definition) is 3. The van der Waals surface area contributed by atoms with E-state index >= 15 is 0 Å². The maximum atomic E-state index is 12.8. The summed E-state index contributed by atoms with van der Waals surface area (Å²) >= 11 is 0. The van der Waals surface area contributed by atoms with Crippen molar-refractivity contribution < 1.29 is 9.59 Å². The number of likely N-dealkylation sites (N-methyl/N-ethyl adjacent to an activating group) is 2. The van der Waals surface area contributed by atoms with Gasteiger partial charge in [0.2, 0.25) is 5.91 Å². The first-order valence-corrected chi connectivity index (χ1v) is 8.01. The van der Waals surface area contributed by atoms with E-state index in [-0.39, 0.29) is 11.8 Å². The standard InChI is InChI=1S/C18H23N3O2/c1-4-17(22)20(3)15-7-5-13(6-8-15)18(23)21-10-9-14-11-19(2)12-16(14)21/h4-8,14,16H,1,9-12H2,2-3H3/t14-,16+/m1/s1. The fourth-order valence-corrected chi connectivity index (χ4v) is 3.68. The Morgan fingerprint density at radius 2 is 1.96 bits per heavy atom. The molecule has 2 heterocycles. The minimum atomic E-state index is -0.166. The first-order valence-electron chi connectivity index (χ1n) is 8.01. The second kappa shape index (κ2) is 6.16. The highest BCUT2D eigenvalue weighted by molar-refractivity contribution is 6.01. The Morgan fingerprint density at radius 3 is 2.61 bits per heavy atom. The third-order valence-corrected chi connectivity index (χ3v) is 5.00. The van der Waals surface area contributed by atoms with E-state index in [2.05, 4.69) is 18.5 Å². The average Bonchev–Trinajstić information content (AvgIpc) is 3.11. The van der Waals surface area contributed by atoms with Gasteiger partial charge >= 0.3 is 0 Å². The number of anilines is 1. The lowest BCUT2D eigenvalue weighted by atomic mass is 10.0. The molecule has 2 atom stereocenters. The molecule has 5 heteroatoms. The fourth-order valence-electron chi connectivity index (χ4n) is 3.68. The first-order chi connectivity index (χ1) is 11.0. The summed E-state index contributed by atoms with van der Waals surface area (Å²) in [4.78, 5) is 30.2. The highest BCUT2D eigenvalue weighted by Gasteiger charge is 2.42. The van der Waals surface area contributed by atoms with E-state index in [4.69, 9.17) is 0 Å². The third kappa shape index (κ3) is 2.88. The number of hydrogen-bond donors (Lipinski definition) is 0. The van der Waals surface area contributed by atoms with Crippen molar-refractivity contribution in [2.45, 2.75) is 12.5 Å². The van der Waals surface area contributed by atoms with Crippen LogP contribution in [0.5, 0.6) is 0 Å². The summed E-state index contributed by atoms with van der Waals surface area (Å²) < 4.78 is 0. The van der Waals surface area contributed by atoms with Crippen molar-refractivity contribution in [1.29, 1.82) is 0 Å². The SMILES string of the molecule is C=CC(=O)N(C)c1ccc(C(=O)N2CC[C@@H]3CN(C)C[C@@H]32)cc1. The number of carbonyl (C=O) groups excluding carboxylic acids is 2. The molecule has 2 aliphatic heterocycles. The van der Waals surface area contributed by atoms with Crippen LogP contribution >= 0.6 is 0 Å². The molecule has 0 saturated carbocycles. The van der Waals surface area contributed by atoms with Crippen LogP contribution in [0.4, 0.5) is 5.69 Å². The van der Waals surface area contributed by atoms with Crippen LogP contribution in [-0.2, 0) is 4.79 Å². The summed E-state index contributed by atoms with van der Waals surface area (Å²) in [5, 5.41) is 0. The van der Waals surface area contributed by atoms with E-state index in [1.54, 1.807) is 19.2 Å². The molecular formula is C18H23N3O2. The van der Waals surface area contributed by atoms with Crippen LogP contribution in [0.25, 0.3) is 0 Å². The summed E-state index contributed by atoms with van der Waals surface area (Å²) in [5.41, 5.74) is 1.44. The zero-order valence-electron chi connectivity index (χ0n) is 13.7. The van der Waals surface area contributed by atoms with Gasteiger partial charge in [-0.25, -0.2) is 0 Å².